The van der Waals surface area contributed by atoms with Crippen LogP contribution in [0.4, 0.5) is 5.82 Å². The van der Waals surface area contributed by atoms with Crippen molar-refractivity contribution in [3.63, 3.8) is 0 Å². The van der Waals surface area contributed by atoms with E-state index >= 15 is 0 Å². The Balaban J connectivity index is 1.76. The summed E-state index contributed by atoms with van der Waals surface area (Å²) < 4.78 is 4.86. The average molecular weight is 307 g/mol. The molecule has 2 rings (SSSR count). The summed E-state index contributed by atoms with van der Waals surface area (Å²) in [7, 11) is 0. The quantitative estimate of drug-likeness (QED) is 0.856. The van der Waals surface area contributed by atoms with Crippen LogP contribution in [0, 0.1) is 6.92 Å². The first kappa shape index (κ1) is 15.2. The number of aryl methyl sites for hydroxylation is 2. The first-order chi connectivity index (χ1) is 10.0. The maximum absolute atomic E-state index is 11.9. The predicted molar refractivity (Wildman–Crippen MR) is 80.1 cm³/mol. The van der Waals surface area contributed by atoms with Crippen LogP contribution in [0.3, 0.4) is 0 Å². The normalized spacial score (nSPS) is 11.9. The van der Waals surface area contributed by atoms with Gasteiger partial charge in [-0.1, -0.05) is 11.2 Å². The van der Waals surface area contributed by atoms with E-state index in [1.807, 2.05) is 17.5 Å². The highest BCUT2D eigenvalue weighted by molar-refractivity contribution is 7.09. The van der Waals surface area contributed by atoms with Crippen molar-refractivity contribution >= 4 is 29.0 Å². The van der Waals surface area contributed by atoms with Gasteiger partial charge in [0, 0.05) is 17.4 Å². The van der Waals surface area contributed by atoms with E-state index in [-0.39, 0.29) is 11.8 Å². The van der Waals surface area contributed by atoms with Gasteiger partial charge in [-0.25, -0.2) is 0 Å². The van der Waals surface area contributed by atoms with Crippen molar-refractivity contribution < 1.29 is 14.1 Å². The molecule has 2 amide bonds. The molecule has 2 aromatic rings. The lowest BCUT2D eigenvalue weighted by molar-refractivity contribution is -0.126. The summed E-state index contributed by atoms with van der Waals surface area (Å²) in [5.74, 6) is 0.477. The maximum atomic E-state index is 11.9. The largest absolute Gasteiger partial charge is 0.360 e. The van der Waals surface area contributed by atoms with Crippen LogP contribution in [-0.4, -0.2) is 23.0 Å². The zero-order valence-electron chi connectivity index (χ0n) is 11.9. The minimum Gasteiger partial charge on any atom is -0.360 e. The molecule has 1 atom stereocenters. The fraction of sp³-hybridized carbons (Fsp3) is 0.357. The van der Waals surface area contributed by atoms with Gasteiger partial charge in [-0.2, -0.15) is 0 Å². The zero-order valence-corrected chi connectivity index (χ0v) is 12.7. The Morgan fingerprint density at radius 3 is 2.90 bits per heavy atom. The second-order valence-corrected chi connectivity index (χ2v) is 5.71. The molecule has 21 heavy (non-hydrogen) atoms. The monoisotopic (exact) mass is 307 g/mol. The Labute approximate surface area is 126 Å². The van der Waals surface area contributed by atoms with Gasteiger partial charge >= 0.3 is 0 Å². The van der Waals surface area contributed by atoms with Crippen molar-refractivity contribution in [2.45, 2.75) is 32.7 Å². The van der Waals surface area contributed by atoms with Crippen LogP contribution in [0.2, 0.25) is 0 Å². The third-order valence-corrected chi connectivity index (χ3v) is 3.76. The Kier molecular flexibility index (Phi) is 5.10. The number of aromatic nitrogens is 1. The Hall–Kier alpha value is -2.15. The molecule has 0 aromatic carbocycles. The summed E-state index contributed by atoms with van der Waals surface area (Å²) in [4.78, 5) is 24.8. The van der Waals surface area contributed by atoms with Crippen molar-refractivity contribution in [1.29, 1.82) is 0 Å². The number of hydrogen-bond acceptors (Lipinski definition) is 5. The third kappa shape index (κ3) is 4.71. The van der Waals surface area contributed by atoms with Crippen molar-refractivity contribution in [2.24, 2.45) is 0 Å². The highest BCUT2D eigenvalue weighted by atomic mass is 32.1. The van der Waals surface area contributed by atoms with Crippen molar-refractivity contribution in [3.8, 4) is 0 Å². The standard InChI is InChI=1S/C14H17N3O3S/c1-9-8-12(17-20-9)16-14(19)10(2)15-13(18)6-5-11-4-3-7-21-11/h3-4,7-8,10H,5-6H2,1-2H3,(H,15,18)(H,16,17,19)/t10-/m1/s1. The third-order valence-electron chi connectivity index (χ3n) is 2.83. The second-order valence-electron chi connectivity index (χ2n) is 4.68. The Morgan fingerprint density at radius 2 is 2.29 bits per heavy atom. The van der Waals surface area contributed by atoms with Crippen molar-refractivity contribution in [2.75, 3.05) is 5.32 Å². The lowest BCUT2D eigenvalue weighted by Crippen LogP contribution is -2.41. The molecule has 6 nitrogen and oxygen atoms in total. The van der Waals surface area contributed by atoms with Crippen molar-refractivity contribution in [1.82, 2.24) is 10.5 Å². The molecular formula is C14H17N3O3S. The highest BCUT2D eigenvalue weighted by Crippen LogP contribution is 2.11. The summed E-state index contributed by atoms with van der Waals surface area (Å²) in [5.41, 5.74) is 0. The molecule has 0 radical (unpaired) electrons. The number of nitrogens with zero attached hydrogens (tertiary/aromatic N) is 1. The molecular weight excluding hydrogens is 290 g/mol. The molecule has 0 aliphatic carbocycles. The van der Waals surface area contributed by atoms with Crippen LogP contribution in [0.15, 0.2) is 28.1 Å². The summed E-state index contributed by atoms with van der Waals surface area (Å²) in [6.07, 6.45) is 1.04. The molecule has 2 heterocycles. The van der Waals surface area contributed by atoms with E-state index in [1.54, 1.807) is 31.3 Å². The van der Waals surface area contributed by atoms with Crippen LogP contribution in [0.1, 0.15) is 24.0 Å². The number of anilines is 1. The first-order valence-corrected chi connectivity index (χ1v) is 7.48. The summed E-state index contributed by atoms with van der Waals surface area (Å²) in [6.45, 7) is 3.36. The van der Waals surface area contributed by atoms with Crippen LogP contribution >= 0.6 is 11.3 Å². The van der Waals surface area contributed by atoms with Gasteiger partial charge in [-0.05, 0) is 31.7 Å². The minimum absolute atomic E-state index is 0.151. The topological polar surface area (TPSA) is 84.2 Å². The molecule has 0 aliphatic heterocycles. The molecule has 0 bridgehead atoms. The molecule has 112 valence electrons. The second kappa shape index (κ2) is 7.03. The van der Waals surface area contributed by atoms with Crippen molar-refractivity contribution in [3.05, 3.63) is 34.2 Å². The number of thiophene rings is 1. The Bertz CT molecular complexity index is 607. The smallest absolute Gasteiger partial charge is 0.247 e. The number of carbonyl (C=O) groups excluding carboxylic acids is 2. The molecule has 7 heteroatoms. The summed E-state index contributed by atoms with van der Waals surface area (Å²) >= 11 is 1.62. The number of amides is 2. The van der Waals surface area contributed by atoms with E-state index in [4.69, 9.17) is 4.52 Å². The summed E-state index contributed by atoms with van der Waals surface area (Å²) in [5, 5.41) is 10.9. The lowest BCUT2D eigenvalue weighted by Gasteiger charge is -2.12. The molecule has 0 saturated heterocycles. The van der Waals surface area contributed by atoms with Crippen LogP contribution in [0.5, 0.6) is 0 Å². The van der Waals surface area contributed by atoms with Gasteiger partial charge in [0.25, 0.3) is 0 Å². The number of rotatable bonds is 6. The van der Waals surface area contributed by atoms with Gasteiger partial charge in [0.2, 0.25) is 11.8 Å². The molecule has 2 aromatic heterocycles. The number of hydrogen-bond donors (Lipinski definition) is 2. The van der Waals surface area contributed by atoms with E-state index in [0.29, 0.717) is 24.4 Å². The van der Waals surface area contributed by atoms with E-state index in [1.165, 1.54) is 0 Å². The lowest BCUT2D eigenvalue weighted by atomic mass is 10.2. The van der Waals surface area contributed by atoms with E-state index in [2.05, 4.69) is 15.8 Å². The first-order valence-electron chi connectivity index (χ1n) is 6.60. The zero-order chi connectivity index (χ0) is 15.2. The predicted octanol–water partition coefficient (Wildman–Crippen LogP) is 2.12. The number of carbonyl (C=O) groups is 2. The van der Waals surface area contributed by atoms with Gasteiger partial charge in [0.15, 0.2) is 5.82 Å². The SMILES string of the molecule is Cc1cc(NC(=O)[C@@H](C)NC(=O)CCc2cccs2)no1. The number of nitrogens with one attached hydrogen (secondary N) is 2. The van der Waals surface area contributed by atoms with Gasteiger partial charge in [-0.15, -0.1) is 11.3 Å². The molecule has 0 saturated carbocycles. The van der Waals surface area contributed by atoms with Gasteiger partial charge < -0.3 is 15.2 Å². The summed E-state index contributed by atoms with van der Waals surface area (Å²) in [6, 6.07) is 4.93. The molecule has 2 N–H and O–H groups in total. The van der Waals surface area contributed by atoms with Gasteiger partial charge in [0.05, 0.1) is 0 Å². The minimum atomic E-state index is -0.627. The fourth-order valence-corrected chi connectivity index (χ4v) is 2.44. The van der Waals surface area contributed by atoms with Crippen LogP contribution in [0.25, 0.3) is 0 Å². The van der Waals surface area contributed by atoms with E-state index in [0.717, 1.165) is 4.88 Å². The molecule has 0 fully saturated rings. The van der Waals surface area contributed by atoms with Crippen LogP contribution < -0.4 is 10.6 Å². The Morgan fingerprint density at radius 1 is 1.48 bits per heavy atom. The van der Waals surface area contributed by atoms with Crippen LogP contribution in [-0.2, 0) is 16.0 Å². The molecule has 0 spiro atoms. The van der Waals surface area contributed by atoms with Gasteiger partial charge in [0.1, 0.15) is 11.8 Å². The van der Waals surface area contributed by atoms with Gasteiger partial charge in [-0.3, -0.25) is 9.59 Å². The van der Waals surface area contributed by atoms with E-state index in [9.17, 15) is 9.59 Å². The molecule has 0 unspecified atom stereocenters. The molecule has 0 aliphatic rings. The highest BCUT2D eigenvalue weighted by Gasteiger charge is 2.16. The fourth-order valence-electron chi connectivity index (χ4n) is 1.73. The van der Waals surface area contributed by atoms with E-state index < -0.39 is 6.04 Å². The maximum Gasteiger partial charge on any atom is 0.247 e. The average Bonchev–Trinajstić information content (AvgIpc) is 3.08.